The molecule has 8 heteroatoms. The molecule has 0 aromatic carbocycles. The second-order valence-electron chi connectivity index (χ2n) is 5.28. The average Bonchev–Trinajstić information content (AvgIpc) is 3.15. The van der Waals surface area contributed by atoms with Crippen LogP contribution in [0.1, 0.15) is 16.1 Å². The lowest BCUT2D eigenvalue weighted by Gasteiger charge is -2.06. The van der Waals surface area contributed by atoms with Gasteiger partial charge in [-0.15, -0.1) is 10.2 Å². The van der Waals surface area contributed by atoms with Crippen LogP contribution in [0.3, 0.4) is 0 Å². The van der Waals surface area contributed by atoms with Crippen LogP contribution < -0.4 is 5.32 Å². The quantitative estimate of drug-likeness (QED) is 0.609. The van der Waals surface area contributed by atoms with Crippen LogP contribution >= 0.6 is 0 Å². The maximum absolute atomic E-state index is 12.3. The molecule has 0 spiro atoms. The molecule has 0 radical (unpaired) electrons. The Kier molecular flexibility index (Phi) is 3.83. The van der Waals surface area contributed by atoms with Gasteiger partial charge in [0.05, 0.1) is 12.2 Å². The maximum Gasteiger partial charge on any atom is 0.251 e. The fourth-order valence-electron chi connectivity index (χ4n) is 2.34. The van der Waals surface area contributed by atoms with Gasteiger partial charge in [0.15, 0.2) is 11.5 Å². The number of carbonyl (C=O) groups is 1. The molecule has 4 heterocycles. The molecule has 0 aliphatic heterocycles. The first-order valence-electron chi connectivity index (χ1n) is 7.60. The van der Waals surface area contributed by atoms with E-state index in [-0.39, 0.29) is 5.91 Å². The Morgan fingerprint density at radius 3 is 2.96 bits per heavy atom. The van der Waals surface area contributed by atoms with Gasteiger partial charge in [0.25, 0.3) is 5.91 Å². The summed E-state index contributed by atoms with van der Waals surface area (Å²) < 4.78 is 1.74. The fourth-order valence-corrected chi connectivity index (χ4v) is 2.34. The summed E-state index contributed by atoms with van der Waals surface area (Å²) in [4.78, 5) is 25.2. The van der Waals surface area contributed by atoms with Gasteiger partial charge in [-0.1, -0.05) is 6.07 Å². The monoisotopic (exact) mass is 331 g/mol. The topological polar surface area (TPSA) is 98.0 Å². The van der Waals surface area contributed by atoms with Crippen molar-refractivity contribution >= 4 is 11.6 Å². The first kappa shape index (κ1) is 14.9. The Bertz CT molecular complexity index is 1030. The summed E-state index contributed by atoms with van der Waals surface area (Å²) in [6.45, 7) is 0.291. The van der Waals surface area contributed by atoms with Gasteiger partial charge in [-0.05, 0) is 30.3 Å². The van der Waals surface area contributed by atoms with Crippen molar-refractivity contribution in [1.82, 2.24) is 34.9 Å². The van der Waals surface area contributed by atoms with Crippen molar-refractivity contribution in [2.45, 2.75) is 6.54 Å². The minimum absolute atomic E-state index is 0.205. The van der Waals surface area contributed by atoms with Gasteiger partial charge in [-0.25, -0.2) is 9.97 Å². The number of aromatic nitrogens is 6. The van der Waals surface area contributed by atoms with Gasteiger partial charge >= 0.3 is 0 Å². The lowest BCUT2D eigenvalue weighted by Crippen LogP contribution is -2.23. The molecule has 8 nitrogen and oxygen atoms in total. The van der Waals surface area contributed by atoms with Crippen molar-refractivity contribution in [1.29, 1.82) is 0 Å². The number of amides is 1. The average molecular weight is 331 g/mol. The predicted molar refractivity (Wildman–Crippen MR) is 89.4 cm³/mol. The van der Waals surface area contributed by atoms with Gasteiger partial charge in [-0.3, -0.25) is 14.2 Å². The molecule has 4 aromatic heterocycles. The predicted octanol–water partition coefficient (Wildman–Crippen LogP) is 1.51. The van der Waals surface area contributed by atoms with E-state index in [1.165, 1.54) is 0 Å². The van der Waals surface area contributed by atoms with Gasteiger partial charge in [-0.2, -0.15) is 0 Å². The van der Waals surface area contributed by atoms with Crippen LogP contribution in [-0.2, 0) is 6.54 Å². The van der Waals surface area contributed by atoms with Gasteiger partial charge < -0.3 is 5.32 Å². The molecule has 1 N–H and O–H groups in total. The number of hydrogen-bond acceptors (Lipinski definition) is 6. The molecular formula is C17H13N7O. The zero-order chi connectivity index (χ0) is 17.1. The van der Waals surface area contributed by atoms with E-state index in [9.17, 15) is 4.79 Å². The second-order valence-corrected chi connectivity index (χ2v) is 5.28. The summed E-state index contributed by atoms with van der Waals surface area (Å²) in [7, 11) is 0. The first-order chi connectivity index (χ1) is 12.3. The third-order valence-corrected chi connectivity index (χ3v) is 3.60. The molecule has 0 fully saturated rings. The molecule has 0 atom stereocenters. The standard InChI is InChI=1S/C17H13N7O/c25-17(12-5-8-24-11-21-23-15(24)9-12)20-10-13-4-7-19-16(22-13)14-3-1-2-6-18-14/h1-9,11H,10H2,(H,20,25). The smallest absolute Gasteiger partial charge is 0.251 e. The molecule has 1 amide bonds. The number of hydrogen-bond donors (Lipinski definition) is 1. The van der Waals surface area contributed by atoms with Gasteiger partial charge in [0.1, 0.15) is 12.0 Å². The van der Waals surface area contributed by atoms with Crippen LogP contribution in [0, 0.1) is 0 Å². The highest BCUT2D eigenvalue weighted by Crippen LogP contribution is 2.10. The van der Waals surface area contributed by atoms with Crippen molar-refractivity contribution in [2.24, 2.45) is 0 Å². The number of pyridine rings is 2. The molecule has 0 saturated heterocycles. The second kappa shape index (κ2) is 6.44. The minimum atomic E-state index is -0.205. The van der Waals surface area contributed by atoms with Crippen LogP contribution in [0.4, 0.5) is 0 Å². The zero-order valence-electron chi connectivity index (χ0n) is 13.1. The Hall–Kier alpha value is -3.68. The number of nitrogens with zero attached hydrogens (tertiary/aromatic N) is 6. The molecule has 0 bridgehead atoms. The van der Waals surface area contributed by atoms with Crippen molar-refractivity contribution < 1.29 is 4.79 Å². The summed E-state index contributed by atoms with van der Waals surface area (Å²) >= 11 is 0. The van der Waals surface area contributed by atoms with E-state index >= 15 is 0 Å². The normalized spacial score (nSPS) is 10.7. The molecular weight excluding hydrogens is 318 g/mol. The summed E-state index contributed by atoms with van der Waals surface area (Å²) in [5, 5.41) is 10.6. The number of fused-ring (bicyclic) bond motifs is 1. The Morgan fingerprint density at radius 1 is 1.12 bits per heavy atom. The summed E-state index contributed by atoms with van der Waals surface area (Å²) in [6, 6.07) is 10.7. The molecule has 0 unspecified atom stereocenters. The van der Waals surface area contributed by atoms with Crippen molar-refractivity contribution in [3.63, 3.8) is 0 Å². The van der Waals surface area contributed by atoms with E-state index in [1.54, 1.807) is 47.5 Å². The lowest BCUT2D eigenvalue weighted by atomic mass is 10.2. The Morgan fingerprint density at radius 2 is 2.08 bits per heavy atom. The zero-order valence-corrected chi connectivity index (χ0v) is 13.1. The minimum Gasteiger partial charge on any atom is -0.346 e. The van der Waals surface area contributed by atoms with Crippen LogP contribution in [0.25, 0.3) is 17.2 Å². The number of rotatable bonds is 4. The molecule has 25 heavy (non-hydrogen) atoms. The van der Waals surface area contributed by atoms with Crippen molar-refractivity contribution in [3.8, 4) is 11.5 Å². The van der Waals surface area contributed by atoms with E-state index in [2.05, 4.69) is 30.5 Å². The highest BCUT2D eigenvalue weighted by molar-refractivity contribution is 5.94. The van der Waals surface area contributed by atoms with Crippen LogP contribution in [0.15, 0.2) is 61.3 Å². The van der Waals surface area contributed by atoms with Crippen molar-refractivity contribution in [2.75, 3.05) is 0 Å². The highest BCUT2D eigenvalue weighted by atomic mass is 16.1. The SMILES string of the molecule is O=C(NCc1ccnc(-c2ccccn2)n1)c1ccn2cnnc2c1. The number of carbonyl (C=O) groups excluding carboxylic acids is 1. The summed E-state index contributed by atoms with van der Waals surface area (Å²) in [6.07, 6.45) is 6.67. The third-order valence-electron chi connectivity index (χ3n) is 3.60. The molecule has 122 valence electrons. The van der Waals surface area contributed by atoms with Crippen molar-refractivity contribution in [3.05, 3.63) is 72.6 Å². The van der Waals surface area contributed by atoms with Crippen LogP contribution in [-0.4, -0.2) is 35.5 Å². The Balaban J connectivity index is 1.48. The molecule has 4 rings (SSSR count). The van der Waals surface area contributed by atoms with E-state index in [0.717, 1.165) is 0 Å². The summed E-state index contributed by atoms with van der Waals surface area (Å²) in [5.41, 5.74) is 2.52. The molecule has 4 aromatic rings. The van der Waals surface area contributed by atoms with E-state index < -0.39 is 0 Å². The Labute approximate surface area is 142 Å². The van der Waals surface area contributed by atoms with E-state index in [1.807, 2.05) is 18.2 Å². The third kappa shape index (κ3) is 3.18. The number of nitrogens with one attached hydrogen (secondary N) is 1. The molecule has 0 aliphatic carbocycles. The lowest BCUT2D eigenvalue weighted by molar-refractivity contribution is 0.0950. The summed E-state index contributed by atoms with van der Waals surface area (Å²) in [5.74, 6) is 0.320. The van der Waals surface area contributed by atoms with E-state index in [4.69, 9.17) is 0 Å². The molecule has 0 saturated carbocycles. The highest BCUT2D eigenvalue weighted by Gasteiger charge is 2.09. The van der Waals surface area contributed by atoms with Crippen LogP contribution in [0.2, 0.25) is 0 Å². The fraction of sp³-hybridized carbons (Fsp3) is 0.0588. The van der Waals surface area contributed by atoms with Crippen LogP contribution in [0.5, 0.6) is 0 Å². The maximum atomic E-state index is 12.3. The largest absolute Gasteiger partial charge is 0.346 e. The van der Waals surface area contributed by atoms with Gasteiger partial charge in [0, 0.05) is 24.2 Å². The molecule has 0 aliphatic rings. The van der Waals surface area contributed by atoms with Gasteiger partial charge in [0.2, 0.25) is 0 Å². The first-order valence-corrected chi connectivity index (χ1v) is 7.60. The van der Waals surface area contributed by atoms with E-state index in [0.29, 0.717) is 35.0 Å².